The number of carbonyl (C=O) groups excluding carboxylic acids is 2. The van der Waals surface area contributed by atoms with Crippen LogP contribution < -0.4 is 15.8 Å². The van der Waals surface area contributed by atoms with Gasteiger partial charge in [-0.1, -0.05) is 0 Å². The lowest BCUT2D eigenvalue weighted by atomic mass is 10.1. The van der Waals surface area contributed by atoms with Gasteiger partial charge in [0.15, 0.2) is 0 Å². The molecule has 0 bridgehead atoms. The van der Waals surface area contributed by atoms with Crippen LogP contribution >= 0.6 is 0 Å². The van der Waals surface area contributed by atoms with E-state index in [2.05, 4.69) is 10.3 Å². The van der Waals surface area contributed by atoms with Gasteiger partial charge in [-0.05, 0) is 37.9 Å². The highest BCUT2D eigenvalue weighted by molar-refractivity contribution is 5.80. The molecule has 1 aromatic heterocycles. The zero-order chi connectivity index (χ0) is 13.2. The first-order valence-corrected chi connectivity index (χ1v) is 5.79. The summed E-state index contributed by atoms with van der Waals surface area (Å²) in [5.41, 5.74) is 5.37. The van der Waals surface area contributed by atoms with Crippen LogP contribution in [0.4, 0.5) is 0 Å². The zero-order valence-electron chi connectivity index (χ0n) is 10.0. The molecule has 6 heteroatoms. The zero-order valence-corrected chi connectivity index (χ0v) is 10.0. The van der Waals surface area contributed by atoms with E-state index >= 15 is 0 Å². The molecule has 0 aromatic carbocycles. The molecule has 1 heterocycles. The van der Waals surface area contributed by atoms with E-state index in [4.69, 9.17) is 10.5 Å². The van der Waals surface area contributed by atoms with Crippen molar-refractivity contribution in [3.8, 4) is 5.75 Å². The number of unbranched alkanes of at least 4 members (excludes halogenated alkanes) is 1. The molecule has 1 amide bonds. The summed E-state index contributed by atoms with van der Waals surface area (Å²) in [7, 11) is 0. The molecule has 18 heavy (non-hydrogen) atoms. The van der Waals surface area contributed by atoms with Gasteiger partial charge in [0.05, 0.1) is 6.20 Å². The lowest BCUT2D eigenvalue weighted by Crippen LogP contribution is -2.38. The van der Waals surface area contributed by atoms with E-state index in [1.165, 1.54) is 6.20 Å². The summed E-state index contributed by atoms with van der Waals surface area (Å²) in [6, 6.07) is 2.65. The van der Waals surface area contributed by atoms with Crippen molar-refractivity contribution in [1.29, 1.82) is 0 Å². The quantitative estimate of drug-likeness (QED) is 0.392. The van der Waals surface area contributed by atoms with Crippen LogP contribution in [0.3, 0.4) is 0 Å². The fraction of sp³-hybridized carbons (Fsp3) is 0.417. The fourth-order valence-electron chi connectivity index (χ4n) is 1.44. The number of esters is 1. The van der Waals surface area contributed by atoms with Crippen LogP contribution in [0.2, 0.25) is 0 Å². The number of ether oxygens (including phenoxy) is 1. The molecule has 0 fully saturated rings. The Hall–Kier alpha value is -1.95. The Morgan fingerprint density at radius 1 is 1.56 bits per heavy atom. The van der Waals surface area contributed by atoms with Gasteiger partial charge in [0.1, 0.15) is 11.8 Å². The molecule has 1 atom stereocenters. The highest BCUT2D eigenvalue weighted by Gasteiger charge is 2.19. The van der Waals surface area contributed by atoms with Crippen molar-refractivity contribution in [2.75, 3.05) is 6.54 Å². The lowest BCUT2D eigenvalue weighted by molar-refractivity contribution is -0.138. The van der Waals surface area contributed by atoms with Crippen molar-refractivity contribution in [3.05, 3.63) is 24.5 Å². The summed E-state index contributed by atoms with van der Waals surface area (Å²) < 4.78 is 5.11. The summed E-state index contributed by atoms with van der Waals surface area (Å²) in [6.45, 7) is 0.561. The Bertz CT molecular complexity index is 370. The molecule has 0 spiro atoms. The number of hydrogen-bond acceptors (Lipinski definition) is 5. The highest BCUT2D eigenvalue weighted by atomic mass is 16.5. The van der Waals surface area contributed by atoms with Gasteiger partial charge in [0, 0.05) is 6.20 Å². The second-order valence-corrected chi connectivity index (χ2v) is 3.73. The van der Waals surface area contributed by atoms with Crippen LogP contribution in [0, 0.1) is 0 Å². The van der Waals surface area contributed by atoms with Crippen LogP contribution in [0.1, 0.15) is 19.3 Å². The molecule has 0 saturated heterocycles. The summed E-state index contributed by atoms with van der Waals surface area (Å²) in [4.78, 5) is 26.1. The normalized spacial score (nSPS) is 11.6. The maximum Gasteiger partial charge on any atom is 0.334 e. The molecule has 0 unspecified atom stereocenters. The van der Waals surface area contributed by atoms with Crippen molar-refractivity contribution < 1.29 is 14.3 Å². The predicted molar refractivity (Wildman–Crippen MR) is 65.8 cm³/mol. The van der Waals surface area contributed by atoms with Crippen LogP contribution in [0.25, 0.3) is 0 Å². The number of amides is 1. The largest absolute Gasteiger partial charge is 0.423 e. The van der Waals surface area contributed by atoms with Gasteiger partial charge >= 0.3 is 5.97 Å². The number of carbonyl (C=O) groups is 2. The summed E-state index contributed by atoms with van der Waals surface area (Å²) in [6.07, 6.45) is 5.59. The van der Waals surface area contributed by atoms with E-state index in [-0.39, 0.29) is 0 Å². The number of nitrogens with zero attached hydrogens (tertiary/aromatic N) is 1. The van der Waals surface area contributed by atoms with Gasteiger partial charge in [0.25, 0.3) is 0 Å². The first-order chi connectivity index (χ1) is 8.77. The number of rotatable bonds is 8. The van der Waals surface area contributed by atoms with Gasteiger partial charge in [-0.25, -0.2) is 4.79 Å². The SMILES string of the molecule is NCCCC[C@H](NC=O)C(=O)Oc1cccnc1. The molecule has 1 aromatic rings. The van der Waals surface area contributed by atoms with Crippen molar-refractivity contribution in [1.82, 2.24) is 10.3 Å². The Morgan fingerprint density at radius 3 is 3.00 bits per heavy atom. The number of aromatic nitrogens is 1. The van der Waals surface area contributed by atoms with E-state index in [1.54, 1.807) is 18.3 Å². The van der Waals surface area contributed by atoms with E-state index in [0.717, 1.165) is 12.8 Å². The number of nitrogens with two attached hydrogens (primary N) is 1. The Balaban J connectivity index is 2.51. The van der Waals surface area contributed by atoms with Crippen molar-refractivity contribution in [2.45, 2.75) is 25.3 Å². The van der Waals surface area contributed by atoms with Gasteiger partial charge in [-0.2, -0.15) is 0 Å². The third-order valence-corrected chi connectivity index (χ3v) is 2.35. The Morgan fingerprint density at radius 2 is 2.39 bits per heavy atom. The Labute approximate surface area is 106 Å². The first kappa shape index (κ1) is 14.1. The van der Waals surface area contributed by atoms with Gasteiger partial charge in [-0.3, -0.25) is 9.78 Å². The minimum atomic E-state index is -0.644. The molecule has 1 rings (SSSR count). The summed E-state index contributed by atoms with van der Waals surface area (Å²) >= 11 is 0. The van der Waals surface area contributed by atoms with E-state index < -0.39 is 12.0 Å². The highest BCUT2D eigenvalue weighted by Crippen LogP contribution is 2.09. The number of hydrogen-bond donors (Lipinski definition) is 2. The molecule has 0 aliphatic heterocycles. The average Bonchev–Trinajstić information content (AvgIpc) is 2.39. The van der Waals surface area contributed by atoms with Gasteiger partial charge < -0.3 is 15.8 Å². The monoisotopic (exact) mass is 251 g/mol. The minimum absolute atomic E-state index is 0.360. The minimum Gasteiger partial charge on any atom is -0.423 e. The summed E-state index contributed by atoms with van der Waals surface area (Å²) in [5.74, 6) is -0.133. The third kappa shape index (κ3) is 4.92. The van der Waals surface area contributed by atoms with E-state index in [1.807, 2.05) is 0 Å². The molecular weight excluding hydrogens is 234 g/mol. The number of pyridine rings is 1. The molecule has 0 radical (unpaired) electrons. The molecule has 0 aliphatic carbocycles. The van der Waals surface area contributed by atoms with Crippen LogP contribution in [0.15, 0.2) is 24.5 Å². The smallest absolute Gasteiger partial charge is 0.334 e. The standard InChI is InChI=1S/C12H17N3O3/c13-6-2-1-5-11(15-9-16)12(17)18-10-4-3-7-14-8-10/h3-4,7-9,11H,1-2,5-6,13H2,(H,15,16)/t11-/m0/s1. The molecule has 0 saturated carbocycles. The Kier molecular flexibility index (Phi) is 6.42. The van der Waals surface area contributed by atoms with Crippen LogP contribution in [0.5, 0.6) is 5.75 Å². The van der Waals surface area contributed by atoms with Crippen molar-refractivity contribution >= 4 is 12.4 Å². The van der Waals surface area contributed by atoms with Crippen molar-refractivity contribution in [3.63, 3.8) is 0 Å². The maximum absolute atomic E-state index is 11.8. The second-order valence-electron chi connectivity index (χ2n) is 3.73. The third-order valence-electron chi connectivity index (χ3n) is 2.35. The second kappa shape index (κ2) is 8.19. The van der Waals surface area contributed by atoms with Gasteiger partial charge in [-0.15, -0.1) is 0 Å². The first-order valence-electron chi connectivity index (χ1n) is 5.79. The summed E-state index contributed by atoms with van der Waals surface area (Å²) in [5, 5.41) is 2.45. The molecule has 3 N–H and O–H groups in total. The van der Waals surface area contributed by atoms with E-state index in [9.17, 15) is 9.59 Å². The van der Waals surface area contributed by atoms with Gasteiger partial charge in [0.2, 0.25) is 6.41 Å². The number of nitrogens with one attached hydrogen (secondary N) is 1. The maximum atomic E-state index is 11.8. The lowest BCUT2D eigenvalue weighted by Gasteiger charge is -2.14. The topological polar surface area (TPSA) is 94.3 Å². The van der Waals surface area contributed by atoms with Crippen molar-refractivity contribution in [2.24, 2.45) is 5.73 Å². The van der Waals surface area contributed by atoms with Crippen LogP contribution in [-0.2, 0) is 9.59 Å². The molecule has 0 aliphatic rings. The predicted octanol–water partition coefficient (Wildman–Crippen LogP) is 0.231. The van der Waals surface area contributed by atoms with E-state index in [0.29, 0.717) is 25.1 Å². The molecule has 98 valence electrons. The molecule has 6 nitrogen and oxygen atoms in total. The molecular formula is C12H17N3O3. The van der Waals surface area contributed by atoms with Crippen LogP contribution in [-0.4, -0.2) is 29.9 Å². The fourth-order valence-corrected chi connectivity index (χ4v) is 1.44. The average molecular weight is 251 g/mol.